The van der Waals surface area contributed by atoms with Crippen molar-refractivity contribution in [3.63, 3.8) is 0 Å². The first kappa shape index (κ1) is 37.1. The predicted octanol–water partition coefficient (Wildman–Crippen LogP) is 6.58. The third-order valence-corrected chi connectivity index (χ3v) is 10.2. The molecule has 0 radical (unpaired) electrons. The second-order valence-electron chi connectivity index (χ2n) is 12.9. The van der Waals surface area contributed by atoms with E-state index in [1.807, 2.05) is 0 Å². The average molecular weight is 730 g/mol. The summed E-state index contributed by atoms with van der Waals surface area (Å²) in [6.45, 7) is 7.87. The van der Waals surface area contributed by atoms with Crippen molar-refractivity contribution in [1.29, 1.82) is 5.26 Å². The van der Waals surface area contributed by atoms with E-state index < -0.39 is 67.2 Å². The molecule has 0 aliphatic carbocycles. The minimum Gasteiger partial charge on any atom is -0.482 e. The number of halogens is 4. The lowest BCUT2D eigenvalue weighted by Gasteiger charge is -2.32. The third-order valence-electron chi connectivity index (χ3n) is 8.38. The van der Waals surface area contributed by atoms with Crippen LogP contribution in [0.3, 0.4) is 0 Å². The van der Waals surface area contributed by atoms with Gasteiger partial charge in [0.25, 0.3) is 5.91 Å². The van der Waals surface area contributed by atoms with Crippen molar-refractivity contribution < 1.29 is 45.0 Å². The lowest BCUT2D eigenvalue weighted by molar-refractivity contribution is -0.138. The van der Waals surface area contributed by atoms with Crippen LogP contribution in [0.5, 0.6) is 5.88 Å². The minimum absolute atomic E-state index is 0.135. The first-order chi connectivity index (χ1) is 23.8. The number of aryl methyl sites for hydroxylation is 1. The van der Waals surface area contributed by atoms with Crippen LogP contribution in [0.2, 0.25) is 0 Å². The Morgan fingerprint density at radius 2 is 1.80 bits per heavy atom. The zero-order valence-corrected chi connectivity index (χ0v) is 29.4. The number of methoxy groups -OCH3 is 1. The number of benzene rings is 2. The van der Waals surface area contributed by atoms with Crippen molar-refractivity contribution in [2.45, 2.75) is 57.3 Å². The average Bonchev–Trinajstić information content (AvgIpc) is 3.57. The Bertz CT molecular complexity index is 2190. The molecule has 270 valence electrons. The number of sulfone groups is 1. The van der Waals surface area contributed by atoms with Crippen LogP contribution in [-0.4, -0.2) is 77.7 Å². The van der Waals surface area contributed by atoms with Crippen LogP contribution in [0.4, 0.5) is 22.4 Å². The van der Waals surface area contributed by atoms with Gasteiger partial charge in [0.1, 0.15) is 23.1 Å². The number of aromatic nitrogens is 2. The van der Waals surface area contributed by atoms with E-state index >= 15 is 0 Å². The van der Waals surface area contributed by atoms with Gasteiger partial charge in [0, 0.05) is 25.2 Å². The van der Waals surface area contributed by atoms with E-state index in [0.717, 1.165) is 11.0 Å². The molecule has 11 nitrogen and oxygen atoms in total. The molecule has 0 saturated heterocycles. The monoisotopic (exact) mass is 729 g/mol. The molecule has 16 heteroatoms. The van der Waals surface area contributed by atoms with Crippen molar-refractivity contribution in [2.24, 2.45) is 0 Å². The van der Waals surface area contributed by atoms with Crippen molar-refractivity contribution >= 4 is 27.5 Å². The molecule has 3 heterocycles. The third kappa shape index (κ3) is 7.07. The number of likely N-dealkylation sites (N-methyl/N-ethyl adjacent to an activating group) is 1. The molecule has 51 heavy (non-hydrogen) atoms. The molecule has 1 unspecified atom stereocenters. The lowest BCUT2D eigenvalue weighted by Crippen LogP contribution is -2.44. The fraction of sp³-hybridized carbons (Fsp3) is 0.371. The van der Waals surface area contributed by atoms with Gasteiger partial charge in [-0.1, -0.05) is 12.1 Å². The number of alkyl halides is 3. The molecule has 1 atom stereocenters. The van der Waals surface area contributed by atoms with E-state index in [2.05, 4.69) is 4.98 Å². The number of nitriles is 1. The summed E-state index contributed by atoms with van der Waals surface area (Å²) in [5, 5.41) is 9.78. The number of pyridine rings is 1. The SMILES string of the molecule is CCN(CCN(C(=O)c1nc2cccc(OC)n2c1-c1ccc(F)c(C)c1)C1CS(=O)(=O)c2c1ccc(C(F)(F)F)c2C#N)C(=O)OC(C)(C)C. The Hall–Kier alpha value is -5.17. The van der Waals surface area contributed by atoms with Gasteiger partial charge in [0.15, 0.2) is 21.4 Å². The first-order valence-corrected chi connectivity index (χ1v) is 17.5. The Labute approximate surface area is 291 Å². The minimum atomic E-state index is -5.03. The summed E-state index contributed by atoms with van der Waals surface area (Å²) in [6, 6.07) is 10.6. The van der Waals surface area contributed by atoms with Crippen LogP contribution >= 0.6 is 0 Å². The fourth-order valence-electron chi connectivity index (χ4n) is 6.08. The maximum atomic E-state index is 14.9. The smallest absolute Gasteiger partial charge is 0.417 e. The van der Waals surface area contributed by atoms with Crippen LogP contribution < -0.4 is 4.74 Å². The van der Waals surface area contributed by atoms with Crippen LogP contribution in [0.1, 0.15) is 66.5 Å². The number of imidazole rings is 1. The van der Waals surface area contributed by atoms with Gasteiger partial charge in [-0.05, 0) is 82.1 Å². The summed E-state index contributed by atoms with van der Waals surface area (Å²) in [6.07, 6.45) is -5.74. The molecule has 2 aromatic carbocycles. The summed E-state index contributed by atoms with van der Waals surface area (Å²) in [4.78, 5) is 34.2. The van der Waals surface area contributed by atoms with Gasteiger partial charge in [0.2, 0.25) is 0 Å². The number of ether oxygens (including phenoxy) is 2. The molecule has 2 aromatic heterocycles. The number of hydrogen-bond donors (Lipinski definition) is 0. The fourth-order valence-corrected chi connectivity index (χ4v) is 8.05. The van der Waals surface area contributed by atoms with Gasteiger partial charge in [-0.15, -0.1) is 0 Å². The largest absolute Gasteiger partial charge is 0.482 e. The standard InChI is InChI=1S/C35H35F4N5O6S/c1-7-42(33(46)50-34(3,4)5)15-16-43(26-19-51(47,48)31-22(26)12-13-24(23(31)18-40)35(37,38)39)32(45)29-30(21-11-14-25(36)20(2)17-21)44-27(41-29)9-8-10-28(44)49-6/h8-14,17,26H,7,15-16,19H2,1-6H3. The number of fused-ring (bicyclic) bond motifs is 2. The Balaban J connectivity index is 1.73. The van der Waals surface area contributed by atoms with Gasteiger partial charge in [0.05, 0.1) is 40.6 Å². The van der Waals surface area contributed by atoms with Crippen LogP contribution in [0.15, 0.2) is 53.4 Å². The molecule has 0 saturated carbocycles. The van der Waals surface area contributed by atoms with E-state index in [0.29, 0.717) is 11.6 Å². The molecule has 2 amide bonds. The summed E-state index contributed by atoms with van der Waals surface area (Å²) >= 11 is 0. The van der Waals surface area contributed by atoms with Crippen LogP contribution in [0, 0.1) is 24.1 Å². The van der Waals surface area contributed by atoms with Crippen molar-refractivity contribution in [3.8, 4) is 23.2 Å². The quantitative estimate of drug-likeness (QED) is 0.186. The summed E-state index contributed by atoms with van der Waals surface area (Å²) in [7, 11) is -3.14. The Kier molecular flexibility index (Phi) is 9.83. The topological polar surface area (TPSA) is 134 Å². The summed E-state index contributed by atoms with van der Waals surface area (Å²) in [5.41, 5.74) is -2.71. The first-order valence-electron chi connectivity index (χ1n) is 15.8. The second-order valence-corrected chi connectivity index (χ2v) is 14.9. The van der Waals surface area contributed by atoms with Gasteiger partial charge in [-0.3, -0.25) is 9.20 Å². The lowest BCUT2D eigenvalue weighted by atomic mass is 9.99. The Morgan fingerprint density at radius 3 is 2.39 bits per heavy atom. The molecule has 0 spiro atoms. The summed E-state index contributed by atoms with van der Waals surface area (Å²) in [5.74, 6) is -1.93. The highest BCUT2D eigenvalue weighted by molar-refractivity contribution is 7.91. The highest BCUT2D eigenvalue weighted by Gasteiger charge is 2.46. The number of carbonyl (C=O) groups excluding carboxylic acids is 2. The van der Waals surface area contributed by atoms with Gasteiger partial charge in [-0.2, -0.15) is 18.4 Å². The molecule has 0 bridgehead atoms. The number of amides is 2. The molecule has 0 N–H and O–H groups in total. The van der Waals surface area contributed by atoms with Gasteiger partial charge in [-0.25, -0.2) is 22.6 Å². The van der Waals surface area contributed by atoms with Crippen LogP contribution in [-0.2, 0) is 20.8 Å². The van der Waals surface area contributed by atoms with Crippen molar-refractivity contribution in [2.75, 3.05) is 32.5 Å². The Morgan fingerprint density at radius 1 is 1.10 bits per heavy atom. The van der Waals surface area contributed by atoms with E-state index in [9.17, 15) is 40.8 Å². The number of nitrogens with zero attached hydrogens (tertiary/aromatic N) is 5. The van der Waals surface area contributed by atoms with Gasteiger partial charge >= 0.3 is 12.3 Å². The molecule has 5 rings (SSSR count). The zero-order chi connectivity index (χ0) is 37.6. The van der Waals surface area contributed by atoms with E-state index in [1.54, 1.807) is 45.9 Å². The molecule has 1 aliphatic heterocycles. The molecule has 4 aromatic rings. The van der Waals surface area contributed by atoms with E-state index in [4.69, 9.17) is 9.47 Å². The van der Waals surface area contributed by atoms with E-state index in [-0.39, 0.29) is 53.7 Å². The number of rotatable bonds is 8. The molecule has 0 fully saturated rings. The van der Waals surface area contributed by atoms with Crippen molar-refractivity contribution in [1.82, 2.24) is 19.2 Å². The zero-order valence-electron chi connectivity index (χ0n) is 28.6. The van der Waals surface area contributed by atoms with Crippen LogP contribution in [0.25, 0.3) is 16.9 Å². The van der Waals surface area contributed by atoms with Gasteiger partial charge < -0.3 is 19.3 Å². The van der Waals surface area contributed by atoms with Crippen molar-refractivity contribution in [3.05, 3.63) is 82.3 Å². The predicted molar refractivity (Wildman–Crippen MR) is 177 cm³/mol. The maximum absolute atomic E-state index is 14.9. The highest BCUT2D eigenvalue weighted by atomic mass is 32.2. The highest BCUT2D eigenvalue weighted by Crippen LogP contribution is 2.44. The normalized spacial score (nSPS) is 15.3. The summed E-state index contributed by atoms with van der Waals surface area (Å²) < 4.78 is 96.0. The van der Waals surface area contributed by atoms with E-state index in [1.165, 1.54) is 47.6 Å². The number of carbonyl (C=O) groups is 2. The number of hydrogen-bond acceptors (Lipinski definition) is 8. The molecule has 1 aliphatic rings. The maximum Gasteiger partial charge on any atom is 0.417 e. The molecular formula is C35H35F4N5O6S. The molecular weight excluding hydrogens is 694 g/mol. The second kappa shape index (κ2) is 13.5.